The molecule has 1 heterocycles. The quantitative estimate of drug-likeness (QED) is 0.729. The molecule has 5 fully saturated rings. The fourth-order valence-electron chi connectivity index (χ4n) is 6.89. The second-order valence-electron chi connectivity index (χ2n) is 9.83. The van der Waals surface area contributed by atoms with Crippen LogP contribution < -0.4 is 10.6 Å². The number of halogens is 1. The first-order valence-corrected chi connectivity index (χ1v) is 11.0. The van der Waals surface area contributed by atoms with Crippen LogP contribution in [0.5, 0.6) is 0 Å². The van der Waals surface area contributed by atoms with Gasteiger partial charge in [0, 0.05) is 5.54 Å². The number of hydrogen-bond donors (Lipinski definition) is 2. The molecular formula is C23H28FN3O3. The number of carbonyl (C=O) groups is 3. The number of urea groups is 1. The third-order valence-corrected chi connectivity index (χ3v) is 7.79. The Bertz CT molecular complexity index is 864. The van der Waals surface area contributed by atoms with Gasteiger partial charge in [0.05, 0.1) is 0 Å². The fourth-order valence-corrected chi connectivity index (χ4v) is 6.89. The number of amides is 4. The maximum atomic E-state index is 13.3. The first-order chi connectivity index (χ1) is 14.3. The van der Waals surface area contributed by atoms with E-state index in [0.29, 0.717) is 29.7 Å². The summed E-state index contributed by atoms with van der Waals surface area (Å²) in [6, 6.07) is 4.99. The molecule has 4 amide bonds. The topological polar surface area (TPSA) is 78.5 Å². The van der Waals surface area contributed by atoms with E-state index in [4.69, 9.17) is 0 Å². The van der Waals surface area contributed by atoms with Crippen LogP contribution >= 0.6 is 0 Å². The maximum Gasteiger partial charge on any atom is 0.325 e. The minimum atomic E-state index is -1.26. The van der Waals surface area contributed by atoms with Crippen molar-refractivity contribution in [2.24, 2.45) is 17.8 Å². The van der Waals surface area contributed by atoms with Crippen molar-refractivity contribution in [3.63, 3.8) is 0 Å². The smallest absolute Gasteiger partial charge is 0.325 e. The SMILES string of the molecule is CCC1(c2ccc(F)cc2)NC(=O)N(CC(=O)NC23CC4CC(CC(C4)C2)C3)C1=O. The summed E-state index contributed by atoms with van der Waals surface area (Å²) in [6.45, 7) is 1.51. The first kappa shape index (κ1) is 19.5. The van der Waals surface area contributed by atoms with Crippen molar-refractivity contribution in [1.29, 1.82) is 0 Å². The summed E-state index contributed by atoms with van der Waals surface area (Å²) in [5.41, 5.74) is -0.899. The Morgan fingerprint density at radius 2 is 1.67 bits per heavy atom. The predicted octanol–water partition coefficient (Wildman–Crippen LogP) is 3.07. The average Bonchev–Trinajstić information content (AvgIpc) is 2.92. The van der Waals surface area contributed by atoms with E-state index in [0.717, 1.165) is 24.2 Å². The molecule has 7 heteroatoms. The minimum absolute atomic E-state index is 0.163. The summed E-state index contributed by atoms with van der Waals surface area (Å²) in [6.07, 6.45) is 7.19. The maximum absolute atomic E-state index is 13.3. The molecule has 1 unspecified atom stereocenters. The van der Waals surface area contributed by atoms with E-state index < -0.39 is 23.3 Å². The van der Waals surface area contributed by atoms with Gasteiger partial charge < -0.3 is 10.6 Å². The zero-order valence-corrected chi connectivity index (χ0v) is 17.2. The number of imide groups is 1. The van der Waals surface area contributed by atoms with E-state index in [1.807, 2.05) is 0 Å². The first-order valence-electron chi connectivity index (χ1n) is 11.0. The minimum Gasteiger partial charge on any atom is -0.349 e. The van der Waals surface area contributed by atoms with Crippen LogP contribution in [0.25, 0.3) is 0 Å². The van der Waals surface area contributed by atoms with Crippen LogP contribution in [0.1, 0.15) is 57.4 Å². The van der Waals surface area contributed by atoms with Gasteiger partial charge in [-0.2, -0.15) is 0 Å². The average molecular weight is 413 g/mol. The highest BCUT2D eigenvalue weighted by atomic mass is 19.1. The lowest BCUT2D eigenvalue weighted by Gasteiger charge is -2.56. The predicted molar refractivity (Wildman–Crippen MR) is 108 cm³/mol. The van der Waals surface area contributed by atoms with Crippen molar-refractivity contribution in [1.82, 2.24) is 15.5 Å². The molecule has 6 rings (SSSR count). The van der Waals surface area contributed by atoms with E-state index in [9.17, 15) is 18.8 Å². The second kappa shape index (κ2) is 6.79. The Kier molecular flexibility index (Phi) is 4.42. The molecule has 0 spiro atoms. The number of hydrogen-bond acceptors (Lipinski definition) is 3. The lowest BCUT2D eigenvalue weighted by molar-refractivity contribution is -0.137. The number of carbonyl (C=O) groups excluding carboxylic acids is 3. The Morgan fingerprint density at radius 3 is 2.20 bits per heavy atom. The van der Waals surface area contributed by atoms with Crippen LogP contribution in [0, 0.1) is 23.6 Å². The van der Waals surface area contributed by atoms with Gasteiger partial charge in [-0.05, 0) is 80.4 Å². The largest absolute Gasteiger partial charge is 0.349 e. The summed E-state index contributed by atoms with van der Waals surface area (Å²) in [5.74, 6) is 0.945. The monoisotopic (exact) mass is 413 g/mol. The number of nitrogens with one attached hydrogen (secondary N) is 2. The van der Waals surface area contributed by atoms with E-state index in [-0.39, 0.29) is 18.0 Å². The van der Waals surface area contributed by atoms with Crippen molar-refractivity contribution < 1.29 is 18.8 Å². The van der Waals surface area contributed by atoms with Crippen LogP contribution in [-0.4, -0.2) is 34.8 Å². The highest BCUT2D eigenvalue weighted by Gasteiger charge is 2.54. The summed E-state index contributed by atoms with van der Waals surface area (Å²) < 4.78 is 13.3. The Morgan fingerprint density at radius 1 is 1.10 bits per heavy atom. The molecule has 2 N–H and O–H groups in total. The van der Waals surface area contributed by atoms with Gasteiger partial charge in [-0.1, -0.05) is 19.1 Å². The molecule has 30 heavy (non-hydrogen) atoms. The Labute approximate surface area is 175 Å². The number of benzene rings is 1. The highest BCUT2D eigenvalue weighted by molar-refractivity contribution is 6.09. The molecule has 0 aromatic heterocycles. The van der Waals surface area contributed by atoms with E-state index in [1.54, 1.807) is 6.92 Å². The molecule has 160 valence electrons. The van der Waals surface area contributed by atoms with Crippen molar-refractivity contribution in [3.05, 3.63) is 35.6 Å². The van der Waals surface area contributed by atoms with Gasteiger partial charge in [0.2, 0.25) is 5.91 Å². The van der Waals surface area contributed by atoms with Crippen LogP contribution in [0.4, 0.5) is 9.18 Å². The molecule has 4 bridgehead atoms. The Balaban J connectivity index is 1.31. The summed E-state index contributed by atoms with van der Waals surface area (Å²) in [7, 11) is 0. The molecule has 1 aliphatic heterocycles. The fraction of sp³-hybridized carbons (Fsp3) is 0.609. The lowest BCUT2D eigenvalue weighted by Crippen LogP contribution is -2.61. The molecule has 6 nitrogen and oxygen atoms in total. The normalized spacial score (nSPS) is 36.9. The number of nitrogens with zero attached hydrogens (tertiary/aromatic N) is 1. The van der Waals surface area contributed by atoms with Crippen molar-refractivity contribution >= 4 is 17.8 Å². The highest BCUT2D eigenvalue weighted by Crippen LogP contribution is 2.55. The third kappa shape index (κ3) is 3.01. The van der Waals surface area contributed by atoms with Gasteiger partial charge in [-0.15, -0.1) is 0 Å². The molecule has 5 aliphatic rings. The van der Waals surface area contributed by atoms with Crippen LogP contribution in [0.3, 0.4) is 0 Å². The van der Waals surface area contributed by atoms with Gasteiger partial charge in [-0.25, -0.2) is 9.18 Å². The molecule has 1 saturated heterocycles. The van der Waals surface area contributed by atoms with Crippen molar-refractivity contribution in [2.45, 2.75) is 62.9 Å². The summed E-state index contributed by atoms with van der Waals surface area (Å²) in [4.78, 5) is 39.8. The molecule has 0 radical (unpaired) electrons. The van der Waals surface area contributed by atoms with Gasteiger partial charge in [0.15, 0.2) is 0 Å². The standard InChI is InChI=1S/C23H28FN3O3/c1-2-23(17-3-5-18(24)6-4-17)20(29)27(21(30)26-23)13-19(28)25-22-10-14-7-15(11-22)9-16(8-14)12-22/h3-6,14-16H,2,7-13H2,1H3,(H,25,28)(H,26,30). The van der Waals surface area contributed by atoms with Gasteiger partial charge in [0.25, 0.3) is 5.91 Å². The van der Waals surface area contributed by atoms with Gasteiger partial charge in [-0.3, -0.25) is 14.5 Å². The lowest BCUT2D eigenvalue weighted by atomic mass is 9.53. The van der Waals surface area contributed by atoms with Crippen LogP contribution in [-0.2, 0) is 15.1 Å². The zero-order chi connectivity index (χ0) is 21.1. The summed E-state index contributed by atoms with van der Waals surface area (Å²) >= 11 is 0. The third-order valence-electron chi connectivity index (χ3n) is 7.79. The van der Waals surface area contributed by atoms with Gasteiger partial charge >= 0.3 is 6.03 Å². The molecule has 1 atom stereocenters. The van der Waals surface area contributed by atoms with Crippen LogP contribution in [0.2, 0.25) is 0 Å². The zero-order valence-electron chi connectivity index (χ0n) is 17.2. The van der Waals surface area contributed by atoms with Crippen molar-refractivity contribution in [3.8, 4) is 0 Å². The van der Waals surface area contributed by atoms with Gasteiger partial charge in [0.1, 0.15) is 17.9 Å². The second-order valence-corrected chi connectivity index (χ2v) is 9.83. The summed E-state index contributed by atoms with van der Waals surface area (Å²) in [5, 5.41) is 5.98. The van der Waals surface area contributed by atoms with E-state index in [1.165, 1.54) is 43.5 Å². The van der Waals surface area contributed by atoms with E-state index >= 15 is 0 Å². The molecule has 1 aromatic rings. The van der Waals surface area contributed by atoms with Crippen LogP contribution in [0.15, 0.2) is 24.3 Å². The molecule has 1 aromatic carbocycles. The Hall–Kier alpha value is -2.44. The number of rotatable bonds is 5. The van der Waals surface area contributed by atoms with E-state index in [2.05, 4.69) is 10.6 Å². The van der Waals surface area contributed by atoms with Crippen molar-refractivity contribution in [2.75, 3.05) is 6.54 Å². The molecular weight excluding hydrogens is 385 g/mol. The molecule has 4 aliphatic carbocycles. The molecule has 4 saturated carbocycles.